The summed E-state index contributed by atoms with van der Waals surface area (Å²) in [5.41, 5.74) is 3.64. The molecule has 5 heteroatoms. The summed E-state index contributed by atoms with van der Waals surface area (Å²) in [6, 6.07) is 6.04. The van der Waals surface area contributed by atoms with Crippen LogP contribution in [0.3, 0.4) is 0 Å². The average molecular weight is 299 g/mol. The van der Waals surface area contributed by atoms with Crippen LogP contribution in [-0.2, 0) is 12.8 Å². The van der Waals surface area contributed by atoms with Gasteiger partial charge in [0.25, 0.3) is 0 Å². The van der Waals surface area contributed by atoms with E-state index in [0.717, 1.165) is 42.4 Å². The monoisotopic (exact) mass is 299 g/mol. The molecule has 1 N–H and O–H groups in total. The van der Waals surface area contributed by atoms with Crippen LogP contribution in [0, 0.1) is 0 Å². The maximum atomic E-state index is 5.69. The quantitative estimate of drug-likeness (QED) is 0.943. The second-order valence-corrected chi connectivity index (χ2v) is 5.79. The largest absolute Gasteiger partial charge is 0.486 e. The molecule has 0 amide bonds. The molecule has 0 fully saturated rings. The van der Waals surface area contributed by atoms with Gasteiger partial charge in [0.1, 0.15) is 19.0 Å². The number of nitrogens with one attached hydrogen (secondary N) is 1. The minimum atomic E-state index is 0.605. The first-order chi connectivity index (χ1) is 10.9. The van der Waals surface area contributed by atoms with Gasteiger partial charge in [-0.2, -0.15) is 5.10 Å². The number of nitrogens with zero attached hydrogens (tertiary/aromatic N) is 2. The molecule has 4 rings (SSSR count). The van der Waals surface area contributed by atoms with Crippen LogP contribution < -0.4 is 14.8 Å². The zero-order valence-corrected chi connectivity index (χ0v) is 12.9. The minimum absolute atomic E-state index is 0.605. The van der Waals surface area contributed by atoms with E-state index >= 15 is 0 Å². The third-order valence-corrected chi connectivity index (χ3v) is 4.27. The lowest BCUT2D eigenvalue weighted by molar-refractivity contribution is 0.171. The molecule has 3 heterocycles. The van der Waals surface area contributed by atoms with E-state index in [9.17, 15) is 0 Å². The van der Waals surface area contributed by atoms with Crippen LogP contribution in [0.15, 0.2) is 18.2 Å². The van der Waals surface area contributed by atoms with Crippen LogP contribution in [0.25, 0.3) is 5.69 Å². The van der Waals surface area contributed by atoms with Gasteiger partial charge < -0.3 is 14.8 Å². The van der Waals surface area contributed by atoms with Crippen LogP contribution >= 0.6 is 0 Å². The Morgan fingerprint density at radius 1 is 1.23 bits per heavy atom. The molecule has 1 aromatic carbocycles. The lowest BCUT2D eigenvalue weighted by atomic mass is 10.1. The summed E-state index contributed by atoms with van der Waals surface area (Å²) in [6.07, 6.45) is 4.50. The molecule has 0 spiro atoms. The third kappa shape index (κ3) is 2.21. The Morgan fingerprint density at radius 2 is 2.09 bits per heavy atom. The van der Waals surface area contributed by atoms with Crippen LogP contribution in [-0.4, -0.2) is 29.5 Å². The molecule has 116 valence electrons. The molecule has 0 unspecified atom stereocenters. The van der Waals surface area contributed by atoms with Crippen molar-refractivity contribution in [3.63, 3.8) is 0 Å². The van der Waals surface area contributed by atoms with Gasteiger partial charge >= 0.3 is 0 Å². The predicted molar refractivity (Wildman–Crippen MR) is 85.4 cm³/mol. The summed E-state index contributed by atoms with van der Waals surface area (Å²) in [5.74, 6) is 2.77. The molecule has 5 nitrogen and oxygen atoms in total. The number of ether oxygens (including phenoxy) is 2. The average Bonchev–Trinajstić information content (AvgIpc) is 3.15. The molecule has 0 aliphatic carbocycles. The van der Waals surface area contributed by atoms with Gasteiger partial charge in [-0.25, -0.2) is 4.68 Å². The number of hydrogen-bond acceptors (Lipinski definition) is 4. The topological polar surface area (TPSA) is 48.3 Å². The van der Waals surface area contributed by atoms with Crippen molar-refractivity contribution in [2.45, 2.75) is 32.6 Å². The lowest BCUT2D eigenvalue weighted by Gasteiger charge is -2.19. The van der Waals surface area contributed by atoms with Crippen LogP contribution in [0.4, 0.5) is 5.82 Å². The van der Waals surface area contributed by atoms with E-state index in [0.29, 0.717) is 13.2 Å². The normalized spacial score (nSPS) is 15.5. The molecule has 0 saturated heterocycles. The Labute approximate surface area is 130 Å². The summed E-state index contributed by atoms with van der Waals surface area (Å²) in [4.78, 5) is 0. The molecule has 22 heavy (non-hydrogen) atoms. The SMILES string of the molecule is CCCCc1nn(-c2ccc3c(c2)OCCO3)c2c1CCN2. The number of hydrogen-bond donors (Lipinski definition) is 1. The van der Waals surface area contributed by atoms with Gasteiger partial charge in [0, 0.05) is 18.2 Å². The van der Waals surface area contributed by atoms with E-state index in [1.54, 1.807) is 0 Å². The molecule has 0 atom stereocenters. The van der Waals surface area contributed by atoms with Crippen molar-refractivity contribution < 1.29 is 9.47 Å². The van der Waals surface area contributed by atoms with Crippen LogP contribution in [0.1, 0.15) is 31.0 Å². The number of rotatable bonds is 4. The Morgan fingerprint density at radius 3 is 2.95 bits per heavy atom. The van der Waals surface area contributed by atoms with Crippen molar-refractivity contribution in [1.82, 2.24) is 9.78 Å². The molecule has 2 aliphatic heterocycles. The van der Waals surface area contributed by atoms with E-state index in [1.807, 2.05) is 22.9 Å². The van der Waals surface area contributed by atoms with Crippen molar-refractivity contribution in [1.29, 1.82) is 0 Å². The van der Waals surface area contributed by atoms with Gasteiger partial charge in [0.05, 0.1) is 11.4 Å². The molecular weight excluding hydrogens is 278 g/mol. The van der Waals surface area contributed by atoms with Crippen molar-refractivity contribution in [2.75, 3.05) is 25.1 Å². The first-order valence-corrected chi connectivity index (χ1v) is 8.11. The molecule has 0 saturated carbocycles. The fourth-order valence-electron chi connectivity index (χ4n) is 3.14. The number of anilines is 1. The maximum absolute atomic E-state index is 5.69. The highest BCUT2D eigenvalue weighted by Crippen LogP contribution is 2.35. The Balaban J connectivity index is 1.73. The highest BCUT2D eigenvalue weighted by molar-refractivity contribution is 5.59. The van der Waals surface area contributed by atoms with Crippen molar-refractivity contribution in [3.05, 3.63) is 29.5 Å². The van der Waals surface area contributed by atoms with Crippen molar-refractivity contribution in [2.24, 2.45) is 0 Å². The predicted octanol–water partition coefficient (Wildman–Crippen LogP) is 2.95. The second kappa shape index (κ2) is 5.55. The Kier molecular flexibility index (Phi) is 3.41. The standard InChI is InChI=1S/C17H21N3O2/c1-2-3-4-14-13-7-8-18-17(13)20(19-14)12-5-6-15-16(11-12)22-10-9-21-15/h5-6,11,18H,2-4,7-10H2,1H3. The third-order valence-electron chi connectivity index (χ3n) is 4.27. The highest BCUT2D eigenvalue weighted by Gasteiger charge is 2.23. The van der Waals surface area contributed by atoms with E-state index < -0.39 is 0 Å². The fourth-order valence-corrected chi connectivity index (χ4v) is 3.14. The summed E-state index contributed by atoms with van der Waals surface area (Å²) >= 11 is 0. The minimum Gasteiger partial charge on any atom is -0.486 e. The lowest BCUT2D eigenvalue weighted by Crippen LogP contribution is -2.15. The van der Waals surface area contributed by atoms with Gasteiger partial charge in [-0.15, -0.1) is 0 Å². The molecule has 2 aromatic rings. The van der Waals surface area contributed by atoms with Crippen molar-refractivity contribution >= 4 is 5.82 Å². The first kappa shape index (κ1) is 13.5. The smallest absolute Gasteiger partial charge is 0.163 e. The van der Waals surface area contributed by atoms with E-state index in [-0.39, 0.29) is 0 Å². The van der Waals surface area contributed by atoms with E-state index in [1.165, 1.54) is 24.1 Å². The molecule has 0 radical (unpaired) electrons. The van der Waals surface area contributed by atoms with E-state index in [4.69, 9.17) is 14.6 Å². The zero-order valence-electron chi connectivity index (χ0n) is 12.9. The maximum Gasteiger partial charge on any atom is 0.163 e. The summed E-state index contributed by atoms with van der Waals surface area (Å²) in [5, 5.41) is 8.32. The molecular formula is C17H21N3O2. The summed E-state index contributed by atoms with van der Waals surface area (Å²) < 4.78 is 13.3. The fraction of sp³-hybridized carbons (Fsp3) is 0.471. The van der Waals surface area contributed by atoms with Gasteiger partial charge in [-0.05, 0) is 31.4 Å². The second-order valence-electron chi connectivity index (χ2n) is 5.79. The first-order valence-electron chi connectivity index (χ1n) is 8.11. The van der Waals surface area contributed by atoms with Gasteiger partial charge in [0.15, 0.2) is 11.5 Å². The number of aryl methyl sites for hydroxylation is 1. The Hall–Kier alpha value is -2.17. The number of unbranched alkanes of at least 4 members (excludes halogenated alkanes) is 1. The number of fused-ring (bicyclic) bond motifs is 2. The highest BCUT2D eigenvalue weighted by atomic mass is 16.6. The number of aromatic nitrogens is 2. The van der Waals surface area contributed by atoms with Crippen LogP contribution in [0.5, 0.6) is 11.5 Å². The van der Waals surface area contributed by atoms with Crippen LogP contribution in [0.2, 0.25) is 0 Å². The van der Waals surface area contributed by atoms with Crippen molar-refractivity contribution in [3.8, 4) is 17.2 Å². The van der Waals surface area contributed by atoms with E-state index in [2.05, 4.69) is 12.2 Å². The summed E-state index contributed by atoms with van der Waals surface area (Å²) in [7, 11) is 0. The number of benzene rings is 1. The van der Waals surface area contributed by atoms with Gasteiger partial charge in [-0.1, -0.05) is 13.3 Å². The summed E-state index contributed by atoms with van der Waals surface area (Å²) in [6.45, 7) is 4.44. The zero-order chi connectivity index (χ0) is 14.9. The molecule has 0 bridgehead atoms. The molecule has 1 aromatic heterocycles. The Bertz CT molecular complexity index is 693. The van der Waals surface area contributed by atoms with Gasteiger partial charge in [-0.3, -0.25) is 0 Å². The molecule has 2 aliphatic rings. The van der Waals surface area contributed by atoms with Gasteiger partial charge in [0.2, 0.25) is 0 Å².